The first-order valence-electron chi connectivity index (χ1n) is 16.5. The van der Waals surface area contributed by atoms with Gasteiger partial charge in [0.05, 0.1) is 19.1 Å². The Morgan fingerprint density at radius 1 is 0.755 bits per heavy atom. The molecule has 49 heavy (non-hydrogen) atoms. The van der Waals surface area contributed by atoms with Crippen molar-refractivity contribution in [1.29, 1.82) is 0 Å². The number of para-hydroxylation sites is 1. The van der Waals surface area contributed by atoms with E-state index in [2.05, 4.69) is 15.6 Å². The van der Waals surface area contributed by atoms with E-state index in [-0.39, 0.29) is 30.0 Å². The Morgan fingerprint density at radius 2 is 1.33 bits per heavy atom. The van der Waals surface area contributed by atoms with Gasteiger partial charge in [0, 0.05) is 36.9 Å². The van der Waals surface area contributed by atoms with Gasteiger partial charge in [-0.15, -0.1) is 0 Å². The summed E-state index contributed by atoms with van der Waals surface area (Å²) >= 11 is 0. The summed E-state index contributed by atoms with van der Waals surface area (Å²) in [5.74, 6) is -0.193. The summed E-state index contributed by atoms with van der Waals surface area (Å²) in [6.07, 6.45) is 10.3. The number of nitrogens with zero attached hydrogens (tertiary/aromatic N) is 3. The van der Waals surface area contributed by atoms with Crippen molar-refractivity contribution < 1.29 is 23.9 Å². The van der Waals surface area contributed by atoms with Crippen LogP contribution in [0.15, 0.2) is 97.3 Å². The van der Waals surface area contributed by atoms with Gasteiger partial charge in [0.1, 0.15) is 17.8 Å². The minimum atomic E-state index is -0.554. The Bertz CT molecular complexity index is 1830. The molecular weight excluding hydrogens is 618 g/mol. The monoisotopic (exact) mass is 657 g/mol. The fourth-order valence-electron chi connectivity index (χ4n) is 6.37. The lowest BCUT2D eigenvalue weighted by Crippen LogP contribution is -2.43. The van der Waals surface area contributed by atoms with Crippen molar-refractivity contribution in [3.05, 3.63) is 120 Å². The lowest BCUT2D eigenvalue weighted by atomic mass is 10.1. The number of carbonyl (C=O) groups excluding carboxylic acids is 4. The molecule has 0 spiro atoms. The molecule has 2 atom stereocenters. The van der Waals surface area contributed by atoms with Gasteiger partial charge < -0.3 is 25.2 Å². The van der Waals surface area contributed by atoms with Gasteiger partial charge >= 0.3 is 0 Å². The molecule has 4 aromatic rings. The lowest BCUT2D eigenvalue weighted by Gasteiger charge is -2.24. The maximum atomic E-state index is 13.3. The fraction of sp³-hybridized carbons (Fsp3) is 0.256. The van der Waals surface area contributed by atoms with Gasteiger partial charge in [0.2, 0.25) is 17.7 Å². The molecule has 250 valence electrons. The number of likely N-dealkylation sites (tertiary alicyclic amines) is 2. The maximum absolute atomic E-state index is 13.3. The van der Waals surface area contributed by atoms with Crippen LogP contribution in [-0.2, 0) is 20.8 Å². The molecule has 10 heteroatoms. The predicted molar refractivity (Wildman–Crippen MR) is 189 cm³/mol. The number of pyridine rings is 1. The highest BCUT2D eigenvalue weighted by Gasteiger charge is 2.36. The second kappa shape index (κ2) is 15.4. The highest BCUT2D eigenvalue weighted by Crippen LogP contribution is 2.26. The first kappa shape index (κ1) is 33.1. The Hall–Kier alpha value is -5.77. The van der Waals surface area contributed by atoms with E-state index in [1.54, 1.807) is 46.5 Å². The molecule has 4 amide bonds. The van der Waals surface area contributed by atoms with Gasteiger partial charge in [-0.1, -0.05) is 54.6 Å². The zero-order valence-corrected chi connectivity index (χ0v) is 27.4. The normalized spacial score (nSPS) is 17.2. The molecule has 2 aliphatic rings. The van der Waals surface area contributed by atoms with Gasteiger partial charge in [-0.25, -0.2) is 0 Å². The first-order chi connectivity index (χ1) is 23.9. The van der Waals surface area contributed by atoms with Crippen molar-refractivity contribution in [3.63, 3.8) is 0 Å². The standard InChI is InChI=1S/C39H39N5O5/c1-49-35-11-3-2-8-32(35)39(48)44-24-6-10-34(44)38(47)42-31-20-16-28(17-21-31)13-12-27-14-18-30(19-15-27)41-37(46)33-9-5-23-43(33)36(45)25-29-7-4-22-40-26-29/h2-4,7-8,11-22,26,33-34H,5-6,9-10,23-25H2,1H3,(H,41,46)(H,42,47)/b13-12+/t33-,34-/m0/s1. The third kappa shape index (κ3) is 8.03. The van der Waals surface area contributed by atoms with Crippen LogP contribution in [0.5, 0.6) is 5.75 Å². The minimum absolute atomic E-state index is 0.0706. The van der Waals surface area contributed by atoms with Crippen molar-refractivity contribution in [1.82, 2.24) is 14.8 Å². The third-order valence-electron chi connectivity index (χ3n) is 8.93. The molecule has 0 radical (unpaired) electrons. The number of methoxy groups -OCH3 is 1. The molecule has 0 aliphatic carbocycles. The van der Waals surface area contributed by atoms with Crippen LogP contribution in [0.3, 0.4) is 0 Å². The zero-order chi connectivity index (χ0) is 34.2. The highest BCUT2D eigenvalue weighted by molar-refractivity contribution is 6.03. The number of rotatable bonds is 10. The average molecular weight is 658 g/mol. The van der Waals surface area contributed by atoms with Gasteiger partial charge in [-0.2, -0.15) is 0 Å². The summed E-state index contributed by atoms with van der Waals surface area (Å²) in [4.78, 5) is 59.8. The lowest BCUT2D eigenvalue weighted by molar-refractivity contribution is -0.136. The SMILES string of the molecule is COc1ccccc1C(=O)N1CCC[C@H]1C(=O)Nc1ccc(/C=C/c2ccc(NC(=O)[C@@H]3CCCN3C(=O)Cc3cccnc3)cc2)cc1. The quantitative estimate of drug-likeness (QED) is 0.212. The molecular formula is C39H39N5O5. The van der Waals surface area contributed by atoms with Crippen molar-refractivity contribution >= 4 is 47.2 Å². The summed E-state index contributed by atoms with van der Waals surface area (Å²) in [5, 5.41) is 5.93. The number of anilines is 2. The molecule has 2 fully saturated rings. The Balaban J connectivity index is 1.00. The van der Waals surface area contributed by atoms with E-state index in [0.717, 1.165) is 29.5 Å². The number of benzene rings is 3. The van der Waals surface area contributed by atoms with Crippen LogP contribution in [0.2, 0.25) is 0 Å². The van der Waals surface area contributed by atoms with Crippen molar-refractivity contribution in [2.75, 3.05) is 30.8 Å². The molecule has 10 nitrogen and oxygen atoms in total. The summed E-state index contributed by atoms with van der Waals surface area (Å²) in [6.45, 7) is 1.08. The molecule has 0 saturated carbocycles. The predicted octanol–water partition coefficient (Wildman–Crippen LogP) is 5.68. The van der Waals surface area contributed by atoms with E-state index in [1.165, 1.54) is 7.11 Å². The maximum Gasteiger partial charge on any atom is 0.258 e. The molecule has 0 bridgehead atoms. The fourth-order valence-corrected chi connectivity index (χ4v) is 6.37. The minimum Gasteiger partial charge on any atom is -0.496 e. The van der Waals surface area contributed by atoms with Crippen molar-refractivity contribution in [2.45, 2.75) is 44.2 Å². The zero-order valence-electron chi connectivity index (χ0n) is 27.4. The van der Waals surface area contributed by atoms with Crippen LogP contribution in [0.1, 0.15) is 52.7 Å². The first-order valence-corrected chi connectivity index (χ1v) is 16.5. The summed E-state index contributed by atoms with van der Waals surface area (Å²) in [5.41, 5.74) is 4.49. The third-order valence-corrected chi connectivity index (χ3v) is 8.93. The topological polar surface area (TPSA) is 121 Å². The number of hydrogen-bond donors (Lipinski definition) is 2. The van der Waals surface area contributed by atoms with E-state index in [1.807, 2.05) is 72.8 Å². The number of ether oxygens (including phenoxy) is 1. The second-order valence-electron chi connectivity index (χ2n) is 12.2. The molecule has 0 unspecified atom stereocenters. The molecule has 2 aliphatic heterocycles. The molecule has 2 saturated heterocycles. The number of nitrogens with one attached hydrogen (secondary N) is 2. The number of carbonyl (C=O) groups is 4. The van der Waals surface area contributed by atoms with E-state index in [0.29, 0.717) is 48.6 Å². The van der Waals surface area contributed by atoms with Crippen molar-refractivity contribution in [2.24, 2.45) is 0 Å². The smallest absolute Gasteiger partial charge is 0.258 e. The number of hydrogen-bond acceptors (Lipinski definition) is 6. The number of amides is 4. The molecule has 6 rings (SSSR count). The molecule has 1 aromatic heterocycles. The summed E-state index contributed by atoms with van der Waals surface area (Å²) < 4.78 is 5.36. The Morgan fingerprint density at radius 3 is 1.90 bits per heavy atom. The van der Waals surface area contributed by atoms with Crippen LogP contribution in [0.4, 0.5) is 11.4 Å². The van der Waals surface area contributed by atoms with Crippen LogP contribution in [0, 0.1) is 0 Å². The number of aromatic nitrogens is 1. The highest BCUT2D eigenvalue weighted by atomic mass is 16.5. The van der Waals surface area contributed by atoms with Crippen LogP contribution in [-0.4, -0.2) is 70.7 Å². The van der Waals surface area contributed by atoms with Crippen LogP contribution in [0.25, 0.3) is 12.2 Å². The van der Waals surface area contributed by atoms with Crippen LogP contribution >= 0.6 is 0 Å². The van der Waals surface area contributed by atoms with Gasteiger partial charge in [-0.3, -0.25) is 24.2 Å². The Kier molecular flexibility index (Phi) is 10.4. The van der Waals surface area contributed by atoms with Gasteiger partial charge in [0.15, 0.2) is 0 Å². The van der Waals surface area contributed by atoms with Gasteiger partial charge in [0.25, 0.3) is 5.91 Å². The average Bonchev–Trinajstić information content (AvgIpc) is 3.83. The van der Waals surface area contributed by atoms with E-state index < -0.39 is 12.1 Å². The van der Waals surface area contributed by atoms with Gasteiger partial charge in [-0.05, 0) is 84.8 Å². The summed E-state index contributed by atoms with van der Waals surface area (Å²) in [6, 6.07) is 24.7. The van der Waals surface area contributed by atoms with Crippen LogP contribution < -0.4 is 15.4 Å². The van der Waals surface area contributed by atoms with Crippen molar-refractivity contribution in [3.8, 4) is 5.75 Å². The molecule has 3 heterocycles. The molecule has 2 N–H and O–H groups in total. The van der Waals surface area contributed by atoms with E-state index in [4.69, 9.17) is 4.74 Å². The van der Waals surface area contributed by atoms with E-state index in [9.17, 15) is 19.2 Å². The molecule has 3 aromatic carbocycles. The summed E-state index contributed by atoms with van der Waals surface area (Å²) in [7, 11) is 1.53. The Labute approximate surface area is 285 Å². The van der Waals surface area contributed by atoms with E-state index >= 15 is 0 Å². The second-order valence-corrected chi connectivity index (χ2v) is 12.2. The largest absolute Gasteiger partial charge is 0.496 e.